The van der Waals surface area contributed by atoms with E-state index in [2.05, 4.69) is 38.8 Å². The lowest BCUT2D eigenvalue weighted by Crippen LogP contribution is -2.01. The van der Waals surface area contributed by atoms with Gasteiger partial charge in [0, 0.05) is 17.4 Å². The zero-order valence-electron chi connectivity index (χ0n) is 13.7. The van der Waals surface area contributed by atoms with Crippen molar-refractivity contribution in [1.82, 2.24) is 0 Å². The Labute approximate surface area is 161 Å². The normalized spacial score (nSPS) is 9.54. The zero-order chi connectivity index (χ0) is 17.4. The lowest BCUT2D eigenvalue weighted by molar-refractivity contribution is 0.0695. The monoisotopic (exact) mass is 453 g/mol. The van der Waals surface area contributed by atoms with Crippen molar-refractivity contribution in [1.29, 1.82) is 0 Å². The van der Waals surface area contributed by atoms with Gasteiger partial charge >= 0.3 is 5.97 Å². The Morgan fingerprint density at radius 1 is 0.917 bits per heavy atom. The number of benzene rings is 2. The van der Waals surface area contributed by atoms with Gasteiger partial charge in [0.1, 0.15) is 0 Å². The van der Waals surface area contributed by atoms with Crippen LogP contribution < -0.4 is 0 Å². The van der Waals surface area contributed by atoms with Crippen LogP contribution in [0.3, 0.4) is 0 Å². The van der Waals surface area contributed by atoms with Gasteiger partial charge in [0.05, 0.1) is 12.2 Å². The van der Waals surface area contributed by atoms with Crippen LogP contribution in [0.25, 0.3) is 0 Å². The number of carboxylic acid groups (broad SMARTS) is 1. The summed E-state index contributed by atoms with van der Waals surface area (Å²) in [5.41, 5.74) is 3.48. The summed E-state index contributed by atoms with van der Waals surface area (Å²) in [7, 11) is 0. The molecule has 0 unspecified atom stereocenters. The van der Waals surface area contributed by atoms with Gasteiger partial charge in [0.2, 0.25) is 0 Å². The van der Waals surface area contributed by atoms with Crippen LogP contribution in [0.1, 0.15) is 40.9 Å². The summed E-state index contributed by atoms with van der Waals surface area (Å²) in [6.07, 6.45) is 1.70. The Bertz CT molecular complexity index is 675. The minimum atomic E-state index is -0.862. The molecule has 0 aliphatic heterocycles. The highest BCUT2D eigenvalue weighted by Crippen LogP contribution is 2.17. The molecule has 2 aromatic carbocycles. The summed E-state index contributed by atoms with van der Waals surface area (Å²) in [4.78, 5) is 10.7. The molecule has 0 heterocycles. The lowest BCUT2D eigenvalue weighted by atomic mass is 10.1. The zero-order valence-corrected chi connectivity index (χ0v) is 16.9. The van der Waals surface area contributed by atoms with Crippen molar-refractivity contribution in [2.45, 2.75) is 33.3 Å². The summed E-state index contributed by atoms with van der Waals surface area (Å²) in [5.74, 6) is -0.862. The number of halogens is 2. The highest BCUT2D eigenvalue weighted by molar-refractivity contribution is 9.10. The Kier molecular flexibility index (Phi) is 10.9. The molecule has 0 aliphatic rings. The van der Waals surface area contributed by atoms with Crippen LogP contribution in [0.5, 0.6) is 0 Å². The van der Waals surface area contributed by atoms with Gasteiger partial charge in [-0.05, 0) is 59.9 Å². The number of aliphatic hydroxyl groups is 1. The van der Waals surface area contributed by atoms with Crippen molar-refractivity contribution in [3.05, 3.63) is 67.6 Å². The molecule has 0 saturated heterocycles. The molecule has 0 fully saturated rings. The fourth-order valence-corrected chi connectivity index (χ4v) is 2.96. The molecule has 0 spiro atoms. The van der Waals surface area contributed by atoms with Gasteiger partial charge in [0.25, 0.3) is 0 Å². The van der Waals surface area contributed by atoms with E-state index in [9.17, 15) is 4.79 Å². The van der Waals surface area contributed by atoms with Crippen molar-refractivity contribution in [3.63, 3.8) is 0 Å². The first-order valence-corrected chi connectivity index (χ1v) is 8.91. The van der Waals surface area contributed by atoms with Crippen LogP contribution in [0.4, 0.5) is 0 Å². The number of rotatable bonds is 4. The molecular formula is C18H20BBr2O3. The van der Waals surface area contributed by atoms with Crippen LogP contribution >= 0.6 is 31.9 Å². The highest BCUT2D eigenvalue weighted by atomic mass is 79.9. The van der Waals surface area contributed by atoms with E-state index in [-0.39, 0.29) is 15.0 Å². The second-order valence-corrected chi connectivity index (χ2v) is 6.72. The molecule has 2 rings (SSSR count). The van der Waals surface area contributed by atoms with E-state index < -0.39 is 5.97 Å². The molecule has 0 amide bonds. The average Bonchev–Trinajstić information content (AvgIpc) is 2.54. The quantitative estimate of drug-likeness (QED) is 0.650. The van der Waals surface area contributed by atoms with E-state index in [1.54, 1.807) is 12.1 Å². The second kappa shape index (κ2) is 11.4. The number of carbonyl (C=O) groups is 1. The highest BCUT2D eigenvalue weighted by Gasteiger charge is 2.07. The molecule has 127 valence electrons. The molecule has 0 aliphatic carbocycles. The topological polar surface area (TPSA) is 57.5 Å². The van der Waals surface area contributed by atoms with Gasteiger partial charge in [-0.1, -0.05) is 51.8 Å². The molecule has 6 heteroatoms. The Balaban J connectivity index is 0.000000425. The molecule has 2 N–H and O–H groups in total. The third-order valence-electron chi connectivity index (χ3n) is 3.40. The van der Waals surface area contributed by atoms with Crippen molar-refractivity contribution in [2.75, 3.05) is 0 Å². The minimum absolute atomic E-state index is 0. The number of aryl methyl sites for hydroxylation is 2. The largest absolute Gasteiger partial charge is 0.478 e. The third kappa shape index (κ3) is 6.79. The Hall–Kier alpha value is -1.11. The maximum atomic E-state index is 10.7. The molecule has 2 aromatic rings. The summed E-state index contributed by atoms with van der Waals surface area (Å²) in [6, 6.07) is 11.1. The summed E-state index contributed by atoms with van der Waals surface area (Å²) in [5, 5.41) is 17.7. The fourth-order valence-electron chi connectivity index (χ4n) is 2.14. The number of aliphatic hydroxyl groups excluding tert-OH is 1. The molecule has 0 atom stereocenters. The van der Waals surface area contributed by atoms with Crippen LogP contribution in [-0.4, -0.2) is 24.6 Å². The second-order valence-electron chi connectivity index (χ2n) is 4.88. The van der Waals surface area contributed by atoms with Crippen LogP contribution in [0.2, 0.25) is 0 Å². The average molecular weight is 455 g/mol. The smallest absolute Gasteiger partial charge is 0.335 e. The van der Waals surface area contributed by atoms with Crippen molar-refractivity contribution >= 4 is 46.2 Å². The molecule has 3 radical (unpaired) electrons. The maximum absolute atomic E-state index is 10.7. The number of aromatic carboxylic acids is 1. The van der Waals surface area contributed by atoms with E-state index >= 15 is 0 Å². The van der Waals surface area contributed by atoms with E-state index in [1.165, 1.54) is 5.56 Å². The Morgan fingerprint density at radius 2 is 1.42 bits per heavy atom. The molecular weight excluding hydrogens is 435 g/mol. The van der Waals surface area contributed by atoms with Gasteiger partial charge in [0.15, 0.2) is 0 Å². The van der Waals surface area contributed by atoms with Gasteiger partial charge < -0.3 is 10.2 Å². The van der Waals surface area contributed by atoms with E-state index in [0.29, 0.717) is 5.56 Å². The molecule has 0 aromatic heterocycles. The first-order chi connectivity index (χ1) is 10.9. The minimum Gasteiger partial charge on any atom is -0.478 e. The molecule has 24 heavy (non-hydrogen) atoms. The van der Waals surface area contributed by atoms with Gasteiger partial charge in [-0.25, -0.2) is 4.79 Å². The fraction of sp³-hybridized carbons (Fsp3) is 0.278. The predicted octanol–water partition coefficient (Wildman–Crippen LogP) is 4.83. The van der Waals surface area contributed by atoms with Crippen molar-refractivity contribution in [3.8, 4) is 0 Å². The van der Waals surface area contributed by atoms with E-state index in [4.69, 9.17) is 10.2 Å². The first-order valence-electron chi connectivity index (χ1n) is 7.32. The van der Waals surface area contributed by atoms with Crippen molar-refractivity contribution in [2.24, 2.45) is 0 Å². The summed E-state index contributed by atoms with van der Waals surface area (Å²) < 4.78 is 2.00. The van der Waals surface area contributed by atoms with Crippen molar-refractivity contribution < 1.29 is 15.0 Å². The molecule has 3 nitrogen and oxygen atoms in total. The van der Waals surface area contributed by atoms with Gasteiger partial charge in [-0.15, -0.1) is 0 Å². The third-order valence-corrected chi connectivity index (χ3v) is 4.38. The summed E-state index contributed by atoms with van der Waals surface area (Å²) in [6.45, 7) is 4.16. The first kappa shape index (κ1) is 22.9. The van der Waals surface area contributed by atoms with Crippen LogP contribution in [-0.2, 0) is 19.4 Å². The van der Waals surface area contributed by atoms with E-state index in [1.807, 2.05) is 31.2 Å². The van der Waals surface area contributed by atoms with Gasteiger partial charge in [-0.3, -0.25) is 0 Å². The number of hydrogen-bond acceptors (Lipinski definition) is 2. The number of carboxylic acids is 1. The SMILES string of the molecule is CCc1cc(Br)ccc1C(=O)O.CCc1cc(Br)ccc1CO.[B]. The van der Waals surface area contributed by atoms with E-state index in [0.717, 1.165) is 32.9 Å². The number of hydrogen-bond donors (Lipinski definition) is 2. The Morgan fingerprint density at radius 3 is 1.88 bits per heavy atom. The maximum Gasteiger partial charge on any atom is 0.335 e. The van der Waals surface area contributed by atoms with Gasteiger partial charge in [-0.2, -0.15) is 0 Å². The van der Waals surface area contributed by atoms with Crippen LogP contribution in [0, 0.1) is 0 Å². The summed E-state index contributed by atoms with van der Waals surface area (Å²) >= 11 is 6.68. The molecule has 0 saturated carbocycles. The predicted molar refractivity (Wildman–Crippen MR) is 106 cm³/mol. The lowest BCUT2D eigenvalue weighted by Gasteiger charge is -2.04. The molecule has 0 bridgehead atoms. The standard InChI is InChI=1S/C9H9BrO2.C9H11BrO.B/c1-2-6-5-7(10)3-4-8(6)9(11)12;1-2-7-5-9(10)4-3-8(7)6-11;/h3-5H,2H2,1H3,(H,11,12);3-5,11H,2,6H2,1H3;. The van der Waals surface area contributed by atoms with Crippen LogP contribution in [0.15, 0.2) is 45.3 Å².